The molecular weight excluding hydrogens is 427 g/mol. The number of hydrogen-bond acceptors (Lipinski definition) is 4. The van der Waals surface area contributed by atoms with Gasteiger partial charge in [0.05, 0.1) is 11.9 Å². The van der Waals surface area contributed by atoms with Crippen LogP contribution in [0.25, 0.3) is 22.2 Å². The van der Waals surface area contributed by atoms with E-state index in [0.717, 1.165) is 42.3 Å². The van der Waals surface area contributed by atoms with Gasteiger partial charge in [-0.1, -0.05) is 24.3 Å². The fourth-order valence-electron chi connectivity index (χ4n) is 5.10. The number of rotatable bonds is 5. The fourth-order valence-corrected chi connectivity index (χ4v) is 5.10. The van der Waals surface area contributed by atoms with Gasteiger partial charge in [0, 0.05) is 41.1 Å². The van der Waals surface area contributed by atoms with E-state index in [1.54, 1.807) is 30.9 Å². The Bertz CT molecular complexity index is 1290. The lowest BCUT2D eigenvalue weighted by Gasteiger charge is -2.33. The molecule has 2 aromatic carbocycles. The molecule has 0 bridgehead atoms. The van der Waals surface area contributed by atoms with Crippen molar-refractivity contribution in [2.75, 3.05) is 0 Å². The number of nitrogens with zero attached hydrogens (tertiary/aromatic N) is 3. The summed E-state index contributed by atoms with van der Waals surface area (Å²) in [4.78, 5) is 25.5. The number of para-hydroxylation sites is 1. The minimum Gasteiger partial charge on any atom is -0.349 e. The lowest BCUT2D eigenvalue weighted by atomic mass is 9.75. The van der Waals surface area contributed by atoms with Crippen LogP contribution >= 0.6 is 0 Å². The number of aromatic nitrogens is 3. The summed E-state index contributed by atoms with van der Waals surface area (Å²) in [5.74, 6) is 0.481. The lowest BCUT2D eigenvalue weighted by Crippen LogP contribution is -2.39. The average Bonchev–Trinajstić information content (AvgIpc) is 2.89. The van der Waals surface area contributed by atoms with Crippen molar-refractivity contribution >= 4 is 16.8 Å². The van der Waals surface area contributed by atoms with Crippen LogP contribution in [0.2, 0.25) is 0 Å². The van der Waals surface area contributed by atoms with Crippen molar-refractivity contribution in [2.24, 2.45) is 5.92 Å². The number of amides is 1. The predicted octanol–water partition coefficient (Wildman–Crippen LogP) is 5.92. The molecule has 0 unspecified atom stereocenters. The average molecular weight is 455 g/mol. The number of hydrogen-bond donors (Lipinski definition) is 1. The molecule has 1 aliphatic rings. The lowest BCUT2D eigenvalue weighted by molar-refractivity contribution is 0.0918. The van der Waals surface area contributed by atoms with Crippen LogP contribution in [-0.4, -0.2) is 26.9 Å². The van der Waals surface area contributed by atoms with Crippen molar-refractivity contribution in [3.05, 3.63) is 90.3 Å². The molecule has 6 heteroatoms. The highest BCUT2D eigenvalue weighted by Gasteiger charge is 2.28. The van der Waals surface area contributed by atoms with Crippen LogP contribution in [0.4, 0.5) is 4.39 Å². The summed E-state index contributed by atoms with van der Waals surface area (Å²) < 4.78 is 14.2. The van der Waals surface area contributed by atoms with Gasteiger partial charge in [-0.15, -0.1) is 0 Å². The summed E-state index contributed by atoms with van der Waals surface area (Å²) >= 11 is 0. The van der Waals surface area contributed by atoms with Crippen LogP contribution in [0.1, 0.15) is 54.4 Å². The molecule has 34 heavy (non-hydrogen) atoms. The summed E-state index contributed by atoms with van der Waals surface area (Å²) in [5.41, 5.74) is 3.98. The number of pyridine rings is 1. The van der Waals surface area contributed by atoms with Gasteiger partial charge in [-0.2, -0.15) is 0 Å². The number of benzene rings is 2. The zero-order chi connectivity index (χ0) is 23.5. The minimum absolute atomic E-state index is 0.0593. The third kappa shape index (κ3) is 4.53. The van der Waals surface area contributed by atoms with Crippen LogP contribution in [0.5, 0.6) is 0 Å². The predicted molar refractivity (Wildman–Crippen MR) is 131 cm³/mol. The monoisotopic (exact) mass is 454 g/mol. The van der Waals surface area contributed by atoms with E-state index >= 15 is 0 Å². The highest BCUT2D eigenvalue weighted by atomic mass is 19.1. The Morgan fingerprint density at radius 1 is 0.971 bits per heavy atom. The standard InChI is InChI=1S/C28H27FN4O/c1-18(33-28(34)22-11-9-21(10-12-22)26-17-30-15-16-31-26)19-5-7-20(8-6-19)23-13-14-32-27-24(23)3-2-4-25(27)29/h2-4,9-20H,5-8H2,1H3,(H,33,34)/t18-,19?,20?/m1/s1. The molecule has 1 aliphatic carbocycles. The van der Waals surface area contributed by atoms with E-state index < -0.39 is 0 Å². The highest BCUT2D eigenvalue weighted by Crippen LogP contribution is 2.39. The summed E-state index contributed by atoms with van der Waals surface area (Å²) in [6.45, 7) is 2.09. The molecule has 5 rings (SSSR count). The van der Waals surface area contributed by atoms with Crippen LogP contribution in [0, 0.1) is 11.7 Å². The molecule has 1 amide bonds. The molecule has 0 saturated heterocycles. The summed E-state index contributed by atoms with van der Waals surface area (Å²) in [5, 5.41) is 4.10. The third-order valence-corrected chi connectivity index (χ3v) is 7.04. The SMILES string of the molecule is C[C@@H](NC(=O)c1ccc(-c2cnccn2)cc1)C1CCC(c2ccnc3c(F)cccc23)CC1. The Hall–Kier alpha value is -3.67. The van der Waals surface area contributed by atoms with E-state index in [0.29, 0.717) is 22.9 Å². The first-order valence-corrected chi connectivity index (χ1v) is 11.8. The number of nitrogens with one attached hydrogen (secondary N) is 1. The normalized spacial score (nSPS) is 19.0. The van der Waals surface area contributed by atoms with Crippen molar-refractivity contribution in [1.82, 2.24) is 20.3 Å². The van der Waals surface area contributed by atoms with Crippen molar-refractivity contribution < 1.29 is 9.18 Å². The van der Waals surface area contributed by atoms with E-state index in [2.05, 4.69) is 27.2 Å². The van der Waals surface area contributed by atoms with Crippen molar-refractivity contribution in [3.8, 4) is 11.3 Å². The molecule has 172 valence electrons. The van der Waals surface area contributed by atoms with E-state index in [1.807, 2.05) is 36.4 Å². The van der Waals surface area contributed by atoms with Gasteiger partial charge in [0.15, 0.2) is 0 Å². The van der Waals surface area contributed by atoms with Gasteiger partial charge >= 0.3 is 0 Å². The van der Waals surface area contributed by atoms with Crippen molar-refractivity contribution in [3.63, 3.8) is 0 Å². The molecule has 0 aliphatic heterocycles. The Morgan fingerprint density at radius 3 is 2.50 bits per heavy atom. The van der Waals surface area contributed by atoms with Crippen LogP contribution in [0.15, 0.2) is 73.3 Å². The summed E-state index contributed by atoms with van der Waals surface area (Å²) in [6, 6.07) is 14.8. The third-order valence-electron chi connectivity index (χ3n) is 7.04. The van der Waals surface area contributed by atoms with E-state index in [1.165, 1.54) is 11.6 Å². The van der Waals surface area contributed by atoms with Gasteiger partial charge in [-0.05, 0) is 74.3 Å². The first-order valence-electron chi connectivity index (χ1n) is 11.8. The molecule has 1 fully saturated rings. The maximum absolute atomic E-state index is 14.2. The maximum Gasteiger partial charge on any atom is 0.251 e. The molecule has 1 saturated carbocycles. The van der Waals surface area contributed by atoms with Gasteiger partial charge in [0.2, 0.25) is 0 Å². The van der Waals surface area contributed by atoms with Crippen LogP contribution in [0.3, 0.4) is 0 Å². The second-order valence-electron chi connectivity index (χ2n) is 9.08. The molecule has 1 N–H and O–H groups in total. The Morgan fingerprint density at radius 2 is 1.76 bits per heavy atom. The van der Waals surface area contributed by atoms with E-state index in [4.69, 9.17) is 0 Å². The molecule has 0 spiro atoms. The first-order chi connectivity index (χ1) is 16.6. The second kappa shape index (κ2) is 9.67. The fraction of sp³-hybridized carbons (Fsp3) is 0.286. The Kier molecular flexibility index (Phi) is 6.30. The number of carbonyl (C=O) groups is 1. The van der Waals surface area contributed by atoms with E-state index in [9.17, 15) is 9.18 Å². The Balaban J connectivity index is 1.20. The zero-order valence-corrected chi connectivity index (χ0v) is 19.1. The highest BCUT2D eigenvalue weighted by molar-refractivity contribution is 5.94. The van der Waals surface area contributed by atoms with Gasteiger partial charge in [-0.3, -0.25) is 19.7 Å². The van der Waals surface area contributed by atoms with E-state index in [-0.39, 0.29) is 17.8 Å². The van der Waals surface area contributed by atoms with Gasteiger partial charge < -0.3 is 5.32 Å². The van der Waals surface area contributed by atoms with Gasteiger partial charge in [0.25, 0.3) is 5.91 Å². The largest absolute Gasteiger partial charge is 0.349 e. The second-order valence-corrected chi connectivity index (χ2v) is 9.08. The number of fused-ring (bicyclic) bond motifs is 1. The molecule has 2 heterocycles. The number of carbonyl (C=O) groups excluding carboxylic acids is 1. The zero-order valence-electron chi connectivity index (χ0n) is 19.1. The van der Waals surface area contributed by atoms with Gasteiger partial charge in [0.1, 0.15) is 11.3 Å². The quantitative estimate of drug-likeness (QED) is 0.406. The van der Waals surface area contributed by atoms with Crippen molar-refractivity contribution in [2.45, 2.75) is 44.6 Å². The van der Waals surface area contributed by atoms with Crippen LogP contribution in [-0.2, 0) is 0 Å². The molecule has 5 nitrogen and oxygen atoms in total. The molecule has 1 atom stereocenters. The molecule has 4 aromatic rings. The maximum atomic E-state index is 14.2. The van der Waals surface area contributed by atoms with Crippen molar-refractivity contribution in [1.29, 1.82) is 0 Å². The topological polar surface area (TPSA) is 67.8 Å². The molecular formula is C28H27FN4O. The summed E-state index contributed by atoms with van der Waals surface area (Å²) in [6.07, 6.45) is 10.8. The number of halogens is 1. The van der Waals surface area contributed by atoms with Gasteiger partial charge in [-0.25, -0.2) is 4.39 Å². The minimum atomic E-state index is -0.269. The Labute approximate surface area is 198 Å². The molecule has 0 radical (unpaired) electrons. The smallest absolute Gasteiger partial charge is 0.251 e. The van der Waals surface area contributed by atoms with Crippen LogP contribution < -0.4 is 5.32 Å². The summed E-state index contributed by atoms with van der Waals surface area (Å²) in [7, 11) is 0. The first kappa shape index (κ1) is 22.1. The molecule has 2 aromatic heterocycles.